The van der Waals surface area contributed by atoms with E-state index >= 15 is 0 Å². The zero-order valence-corrected chi connectivity index (χ0v) is 13.1. The van der Waals surface area contributed by atoms with Crippen LogP contribution in [0.3, 0.4) is 0 Å². The molecule has 0 unspecified atom stereocenters. The van der Waals surface area contributed by atoms with Gasteiger partial charge in [-0.15, -0.1) is 0 Å². The summed E-state index contributed by atoms with van der Waals surface area (Å²) in [5, 5.41) is 3.25. The molecule has 2 aromatic carbocycles. The van der Waals surface area contributed by atoms with Crippen molar-refractivity contribution in [3.05, 3.63) is 59.7 Å². The van der Waals surface area contributed by atoms with Gasteiger partial charge in [0.2, 0.25) is 0 Å². The van der Waals surface area contributed by atoms with Crippen molar-refractivity contribution in [3.8, 4) is 11.5 Å². The predicted molar refractivity (Wildman–Crippen MR) is 86.3 cm³/mol. The average Bonchev–Trinajstić information content (AvgIpc) is 2.87. The number of benzene rings is 2. The van der Waals surface area contributed by atoms with Crippen LogP contribution >= 0.6 is 0 Å². The van der Waals surface area contributed by atoms with E-state index in [1.165, 1.54) is 6.07 Å². The molecule has 0 saturated carbocycles. The number of carbonyl (C=O) groups excluding carboxylic acids is 1. The van der Waals surface area contributed by atoms with E-state index in [0.717, 1.165) is 38.2 Å². The number of amides is 1. The van der Waals surface area contributed by atoms with E-state index in [-0.39, 0.29) is 11.7 Å². The van der Waals surface area contributed by atoms with Crippen LogP contribution in [0.25, 0.3) is 0 Å². The van der Waals surface area contributed by atoms with Crippen LogP contribution in [0.1, 0.15) is 16.8 Å². The van der Waals surface area contributed by atoms with Crippen LogP contribution in [-0.4, -0.2) is 37.0 Å². The molecule has 1 fully saturated rings. The molecular formula is C18H18F2N2O2. The van der Waals surface area contributed by atoms with Crippen LogP contribution in [0.5, 0.6) is 11.5 Å². The summed E-state index contributed by atoms with van der Waals surface area (Å²) in [5.74, 6) is -1.14. The lowest BCUT2D eigenvalue weighted by molar-refractivity contribution is 0.0766. The summed E-state index contributed by atoms with van der Waals surface area (Å²) in [6.07, 6.45) is 0.927. The Labute approximate surface area is 139 Å². The predicted octanol–water partition coefficient (Wildman–Crippen LogP) is 3.19. The molecular weight excluding hydrogens is 314 g/mol. The van der Waals surface area contributed by atoms with Crippen molar-refractivity contribution in [1.29, 1.82) is 0 Å². The second-order valence-corrected chi connectivity index (χ2v) is 5.60. The van der Waals surface area contributed by atoms with Crippen molar-refractivity contribution in [3.63, 3.8) is 0 Å². The normalized spacial score (nSPS) is 15.0. The SMILES string of the molecule is O=C(c1ccc(Oc2ccc(F)cc2F)cc1)N1CCCNCC1. The lowest BCUT2D eigenvalue weighted by Gasteiger charge is -2.20. The quantitative estimate of drug-likeness (QED) is 0.938. The largest absolute Gasteiger partial charge is 0.454 e. The minimum atomic E-state index is -0.771. The highest BCUT2D eigenvalue weighted by atomic mass is 19.1. The summed E-state index contributed by atoms with van der Waals surface area (Å²) >= 11 is 0. The van der Waals surface area contributed by atoms with Gasteiger partial charge < -0.3 is 15.0 Å². The number of carbonyl (C=O) groups is 1. The molecule has 0 bridgehead atoms. The Hall–Kier alpha value is -2.47. The van der Waals surface area contributed by atoms with Gasteiger partial charge in [0.15, 0.2) is 11.6 Å². The van der Waals surface area contributed by atoms with Gasteiger partial charge in [-0.3, -0.25) is 4.79 Å². The Kier molecular flexibility index (Phi) is 5.05. The number of nitrogens with zero attached hydrogens (tertiary/aromatic N) is 1. The highest BCUT2D eigenvalue weighted by Gasteiger charge is 2.17. The van der Waals surface area contributed by atoms with E-state index in [4.69, 9.17) is 4.74 Å². The molecule has 0 aliphatic carbocycles. The number of ether oxygens (including phenoxy) is 1. The third kappa shape index (κ3) is 3.89. The lowest BCUT2D eigenvalue weighted by Crippen LogP contribution is -2.34. The summed E-state index contributed by atoms with van der Waals surface area (Å²) in [7, 11) is 0. The van der Waals surface area contributed by atoms with Crippen LogP contribution < -0.4 is 10.1 Å². The van der Waals surface area contributed by atoms with Gasteiger partial charge in [0.1, 0.15) is 11.6 Å². The first-order valence-electron chi connectivity index (χ1n) is 7.86. The molecule has 3 rings (SSSR count). The number of hydrogen-bond acceptors (Lipinski definition) is 3. The van der Waals surface area contributed by atoms with Crippen molar-refractivity contribution in [1.82, 2.24) is 10.2 Å². The molecule has 1 amide bonds. The van der Waals surface area contributed by atoms with Crippen LogP contribution in [0, 0.1) is 11.6 Å². The van der Waals surface area contributed by atoms with Crippen molar-refractivity contribution in [2.24, 2.45) is 0 Å². The molecule has 24 heavy (non-hydrogen) atoms. The molecule has 126 valence electrons. The van der Waals surface area contributed by atoms with Crippen molar-refractivity contribution in [2.45, 2.75) is 6.42 Å². The molecule has 6 heteroatoms. The second kappa shape index (κ2) is 7.40. The third-order valence-electron chi connectivity index (χ3n) is 3.85. The fourth-order valence-corrected chi connectivity index (χ4v) is 2.58. The van der Waals surface area contributed by atoms with E-state index in [2.05, 4.69) is 5.32 Å². The van der Waals surface area contributed by atoms with Crippen molar-refractivity contribution in [2.75, 3.05) is 26.2 Å². The minimum Gasteiger partial charge on any atom is -0.454 e. The fraction of sp³-hybridized carbons (Fsp3) is 0.278. The van der Waals surface area contributed by atoms with Crippen LogP contribution in [-0.2, 0) is 0 Å². The van der Waals surface area contributed by atoms with Crippen LogP contribution in [0.15, 0.2) is 42.5 Å². The molecule has 0 aromatic heterocycles. The molecule has 0 spiro atoms. The summed E-state index contributed by atoms with van der Waals surface area (Å²) in [6, 6.07) is 9.63. The first kappa shape index (κ1) is 16.4. The number of hydrogen-bond donors (Lipinski definition) is 1. The van der Waals surface area contributed by atoms with E-state index in [1.54, 1.807) is 24.3 Å². The summed E-state index contributed by atoms with van der Waals surface area (Å²) < 4.78 is 31.9. The summed E-state index contributed by atoms with van der Waals surface area (Å²) in [4.78, 5) is 14.3. The van der Waals surface area contributed by atoms with E-state index in [9.17, 15) is 13.6 Å². The van der Waals surface area contributed by atoms with Gasteiger partial charge in [0, 0.05) is 31.3 Å². The van der Waals surface area contributed by atoms with Gasteiger partial charge in [-0.25, -0.2) is 8.78 Å². The summed E-state index contributed by atoms with van der Waals surface area (Å²) in [5.41, 5.74) is 0.559. The maximum atomic E-state index is 13.6. The third-order valence-corrected chi connectivity index (χ3v) is 3.85. The Bertz CT molecular complexity index is 711. The Morgan fingerprint density at radius 1 is 1.04 bits per heavy atom. The van der Waals surface area contributed by atoms with Gasteiger partial charge in [-0.2, -0.15) is 0 Å². The average molecular weight is 332 g/mol. The Morgan fingerprint density at radius 3 is 2.58 bits per heavy atom. The topological polar surface area (TPSA) is 41.6 Å². The smallest absolute Gasteiger partial charge is 0.253 e. The first-order valence-corrected chi connectivity index (χ1v) is 7.86. The molecule has 4 nitrogen and oxygen atoms in total. The zero-order valence-electron chi connectivity index (χ0n) is 13.1. The van der Waals surface area contributed by atoms with E-state index in [0.29, 0.717) is 17.9 Å². The monoisotopic (exact) mass is 332 g/mol. The molecule has 1 saturated heterocycles. The zero-order chi connectivity index (χ0) is 16.9. The molecule has 2 aromatic rings. The molecule has 1 N–H and O–H groups in total. The molecule has 0 radical (unpaired) electrons. The molecule has 1 aliphatic heterocycles. The number of rotatable bonds is 3. The maximum Gasteiger partial charge on any atom is 0.253 e. The second-order valence-electron chi connectivity index (χ2n) is 5.60. The van der Waals surface area contributed by atoms with Gasteiger partial charge in [-0.1, -0.05) is 0 Å². The highest BCUT2D eigenvalue weighted by molar-refractivity contribution is 5.94. The van der Waals surface area contributed by atoms with Gasteiger partial charge in [0.25, 0.3) is 5.91 Å². The van der Waals surface area contributed by atoms with E-state index < -0.39 is 11.6 Å². The molecule has 1 aliphatic rings. The molecule has 0 atom stereocenters. The van der Waals surface area contributed by atoms with Crippen LogP contribution in [0.4, 0.5) is 8.78 Å². The minimum absolute atomic E-state index is 0.0294. The highest BCUT2D eigenvalue weighted by Crippen LogP contribution is 2.25. The molecule has 1 heterocycles. The van der Waals surface area contributed by atoms with Gasteiger partial charge >= 0.3 is 0 Å². The van der Waals surface area contributed by atoms with E-state index in [1.807, 2.05) is 4.90 Å². The first-order chi connectivity index (χ1) is 11.6. The van der Waals surface area contributed by atoms with Crippen molar-refractivity contribution < 1.29 is 18.3 Å². The fourth-order valence-electron chi connectivity index (χ4n) is 2.58. The Balaban J connectivity index is 1.69. The lowest BCUT2D eigenvalue weighted by atomic mass is 10.2. The van der Waals surface area contributed by atoms with Crippen molar-refractivity contribution >= 4 is 5.91 Å². The number of halogens is 2. The standard InChI is InChI=1S/C18H18F2N2O2/c19-14-4-7-17(16(20)12-14)24-15-5-2-13(3-6-15)18(23)22-10-1-8-21-9-11-22/h2-7,12,21H,1,8-11H2. The van der Waals surface area contributed by atoms with Gasteiger partial charge in [-0.05, 0) is 49.4 Å². The number of nitrogens with one attached hydrogen (secondary N) is 1. The Morgan fingerprint density at radius 2 is 1.83 bits per heavy atom. The summed E-state index contributed by atoms with van der Waals surface area (Å²) in [6.45, 7) is 3.11. The maximum absolute atomic E-state index is 13.6. The van der Waals surface area contributed by atoms with Crippen LogP contribution in [0.2, 0.25) is 0 Å². The van der Waals surface area contributed by atoms with Gasteiger partial charge in [0.05, 0.1) is 0 Å².